The van der Waals surface area contributed by atoms with Crippen LogP contribution < -0.4 is 10.6 Å². The molecule has 0 unspecified atom stereocenters. The lowest BCUT2D eigenvalue weighted by Gasteiger charge is -2.22. The lowest BCUT2D eigenvalue weighted by Crippen LogP contribution is -2.34. The molecule has 1 aliphatic heterocycles. The Hall–Kier alpha value is -1.84. The number of nitrogens with one attached hydrogen (secondary N) is 2. The van der Waals surface area contributed by atoms with E-state index in [2.05, 4.69) is 22.8 Å². The molecule has 0 radical (unpaired) electrons. The highest BCUT2D eigenvalue weighted by Gasteiger charge is 2.21. The number of anilines is 1. The third-order valence-electron chi connectivity index (χ3n) is 3.98. The van der Waals surface area contributed by atoms with Gasteiger partial charge in [0.1, 0.15) is 0 Å². The molecule has 116 valence electrons. The van der Waals surface area contributed by atoms with Crippen molar-refractivity contribution in [1.82, 2.24) is 5.32 Å². The summed E-state index contributed by atoms with van der Waals surface area (Å²) in [6.45, 7) is 1.86. The van der Waals surface area contributed by atoms with Gasteiger partial charge >= 0.3 is 0 Å². The average Bonchev–Trinajstić information content (AvgIpc) is 2.57. The van der Waals surface area contributed by atoms with E-state index in [1.807, 2.05) is 42.5 Å². The summed E-state index contributed by atoms with van der Waals surface area (Å²) < 4.78 is 0. The smallest absolute Gasteiger partial charge is 0.227 e. The van der Waals surface area contributed by atoms with E-state index in [-0.39, 0.29) is 24.2 Å². The molecule has 0 bridgehead atoms. The van der Waals surface area contributed by atoms with E-state index in [0.29, 0.717) is 0 Å². The SMILES string of the molecule is Cl.O=C(Nc1ccccc1-c1ccccc1)C1CCNCC1. The Morgan fingerprint density at radius 2 is 1.59 bits per heavy atom. The Balaban J connectivity index is 0.00000176. The van der Waals surface area contributed by atoms with Gasteiger partial charge in [-0.2, -0.15) is 0 Å². The quantitative estimate of drug-likeness (QED) is 0.906. The summed E-state index contributed by atoms with van der Waals surface area (Å²) >= 11 is 0. The van der Waals surface area contributed by atoms with Crippen LogP contribution in [0.2, 0.25) is 0 Å². The molecule has 0 aliphatic carbocycles. The lowest BCUT2D eigenvalue weighted by atomic mass is 9.96. The van der Waals surface area contributed by atoms with Crippen LogP contribution in [-0.4, -0.2) is 19.0 Å². The van der Waals surface area contributed by atoms with Crippen molar-refractivity contribution in [3.05, 3.63) is 54.6 Å². The second-order valence-corrected chi connectivity index (χ2v) is 5.43. The number of para-hydroxylation sites is 1. The number of hydrogen-bond donors (Lipinski definition) is 2. The summed E-state index contributed by atoms with van der Waals surface area (Å²) in [6.07, 6.45) is 1.83. The van der Waals surface area contributed by atoms with Crippen molar-refractivity contribution in [3.8, 4) is 11.1 Å². The molecule has 1 saturated heterocycles. The fraction of sp³-hybridized carbons (Fsp3) is 0.278. The van der Waals surface area contributed by atoms with Crippen LogP contribution in [0.3, 0.4) is 0 Å². The van der Waals surface area contributed by atoms with Crippen molar-refractivity contribution in [2.75, 3.05) is 18.4 Å². The highest BCUT2D eigenvalue weighted by atomic mass is 35.5. The minimum absolute atomic E-state index is 0. The van der Waals surface area contributed by atoms with Crippen LogP contribution in [-0.2, 0) is 4.79 Å². The average molecular weight is 317 g/mol. The van der Waals surface area contributed by atoms with Crippen LogP contribution in [0.15, 0.2) is 54.6 Å². The molecule has 3 nitrogen and oxygen atoms in total. The Morgan fingerprint density at radius 1 is 0.955 bits per heavy atom. The monoisotopic (exact) mass is 316 g/mol. The Bertz CT molecular complexity index is 609. The van der Waals surface area contributed by atoms with Crippen LogP contribution >= 0.6 is 12.4 Å². The molecule has 1 amide bonds. The number of piperidine rings is 1. The predicted octanol–water partition coefficient (Wildman–Crippen LogP) is 3.71. The van der Waals surface area contributed by atoms with Crippen molar-refractivity contribution in [2.24, 2.45) is 5.92 Å². The third kappa shape index (κ3) is 3.87. The van der Waals surface area contributed by atoms with Gasteiger partial charge in [0.2, 0.25) is 5.91 Å². The van der Waals surface area contributed by atoms with E-state index >= 15 is 0 Å². The molecule has 2 aromatic carbocycles. The Labute approximate surface area is 137 Å². The van der Waals surface area contributed by atoms with Crippen molar-refractivity contribution >= 4 is 24.0 Å². The number of amides is 1. The molecule has 1 aliphatic rings. The molecular formula is C18H21ClN2O. The summed E-state index contributed by atoms with van der Waals surface area (Å²) in [5.41, 5.74) is 3.09. The molecular weight excluding hydrogens is 296 g/mol. The van der Waals surface area contributed by atoms with Crippen molar-refractivity contribution in [1.29, 1.82) is 0 Å². The van der Waals surface area contributed by atoms with Gasteiger partial charge in [-0.05, 0) is 37.6 Å². The van der Waals surface area contributed by atoms with Gasteiger partial charge in [0.05, 0.1) is 0 Å². The van der Waals surface area contributed by atoms with Gasteiger partial charge < -0.3 is 10.6 Å². The maximum atomic E-state index is 12.4. The number of rotatable bonds is 3. The van der Waals surface area contributed by atoms with Crippen molar-refractivity contribution in [2.45, 2.75) is 12.8 Å². The second kappa shape index (κ2) is 7.97. The van der Waals surface area contributed by atoms with Gasteiger partial charge in [0.15, 0.2) is 0 Å². The molecule has 0 atom stereocenters. The normalized spacial score (nSPS) is 14.9. The van der Waals surface area contributed by atoms with Crippen LogP contribution in [0, 0.1) is 5.92 Å². The molecule has 2 N–H and O–H groups in total. The second-order valence-electron chi connectivity index (χ2n) is 5.43. The first kappa shape index (κ1) is 16.5. The number of halogens is 1. The summed E-state index contributed by atoms with van der Waals surface area (Å²) in [4.78, 5) is 12.4. The zero-order valence-electron chi connectivity index (χ0n) is 12.4. The summed E-state index contributed by atoms with van der Waals surface area (Å²) in [6, 6.07) is 18.1. The maximum Gasteiger partial charge on any atom is 0.227 e. The van der Waals surface area contributed by atoms with Gasteiger partial charge in [-0.3, -0.25) is 4.79 Å². The Morgan fingerprint density at radius 3 is 2.32 bits per heavy atom. The first-order valence-electron chi connectivity index (χ1n) is 7.50. The molecule has 0 spiro atoms. The maximum absolute atomic E-state index is 12.4. The van der Waals surface area contributed by atoms with Gasteiger partial charge in [-0.25, -0.2) is 0 Å². The number of benzene rings is 2. The van der Waals surface area contributed by atoms with E-state index in [1.165, 1.54) is 0 Å². The standard InChI is InChI=1S/C18H20N2O.ClH/c21-18(15-10-12-19-13-11-15)20-17-9-5-4-8-16(17)14-6-2-1-3-7-14;/h1-9,15,19H,10-13H2,(H,20,21);1H. The highest BCUT2D eigenvalue weighted by Crippen LogP contribution is 2.28. The van der Waals surface area contributed by atoms with E-state index in [9.17, 15) is 4.79 Å². The van der Waals surface area contributed by atoms with Crippen LogP contribution in [0.25, 0.3) is 11.1 Å². The minimum Gasteiger partial charge on any atom is -0.325 e. The minimum atomic E-state index is 0. The molecule has 2 aromatic rings. The van der Waals surface area contributed by atoms with Crippen molar-refractivity contribution in [3.63, 3.8) is 0 Å². The highest BCUT2D eigenvalue weighted by molar-refractivity contribution is 5.96. The fourth-order valence-electron chi connectivity index (χ4n) is 2.78. The summed E-state index contributed by atoms with van der Waals surface area (Å²) in [5.74, 6) is 0.259. The summed E-state index contributed by atoms with van der Waals surface area (Å²) in [7, 11) is 0. The van der Waals surface area contributed by atoms with Crippen LogP contribution in [0.1, 0.15) is 12.8 Å². The van der Waals surface area contributed by atoms with E-state index < -0.39 is 0 Å². The molecule has 1 heterocycles. The number of carbonyl (C=O) groups excluding carboxylic acids is 1. The molecule has 4 heteroatoms. The molecule has 0 aromatic heterocycles. The van der Waals surface area contributed by atoms with Gasteiger partial charge in [-0.1, -0.05) is 48.5 Å². The van der Waals surface area contributed by atoms with Gasteiger partial charge in [-0.15, -0.1) is 12.4 Å². The number of carbonyl (C=O) groups is 1. The predicted molar refractivity (Wildman–Crippen MR) is 93.3 cm³/mol. The third-order valence-corrected chi connectivity index (χ3v) is 3.98. The first-order chi connectivity index (χ1) is 10.3. The zero-order valence-corrected chi connectivity index (χ0v) is 13.2. The lowest BCUT2D eigenvalue weighted by molar-refractivity contribution is -0.120. The van der Waals surface area contributed by atoms with E-state index in [4.69, 9.17) is 0 Å². The first-order valence-corrected chi connectivity index (χ1v) is 7.50. The topological polar surface area (TPSA) is 41.1 Å². The van der Waals surface area contributed by atoms with Gasteiger partial charge in [0.25, 0.3) is 0 Å². The largest absolute Gasteiger partial charge is 0.325 e. The fourth-order valence-corrected chi connectivity index (χ4v) is 2.78. The number of hydrogen-bond acceptors (Lipinski definition) is 2. The Kier molecular flexibility index (Phi) is 5.99. The molecule has 22 heavy (non-hydrogen) atoms. The van der Waals surface area contributed by atoms with Crippen LogP contribution in [0.4, 0.5) is 5.69 Å². The summed E-state index contributed by atoms with van der Waals surface area (Å²) in [5, 5.41) is 6.40. The van der Waals surface area contributed by atoms with Gasteiger partial charge in [0, 0.05) is 17.2 Å². The van der Waals surface area contributed by atoms with E-state index in [0.717, 1.165) is 42.7 Å². The van der Waals surface area contributed by atoms with E-state index in [1.54, 1.807) is 0 Å². The zero-order chi connectivity index (χ0) is 14.5. The van der Waals surface area contributed by atoms with Crippen molar-refractivity contribution < 1.29 is 4.79 Å². The molecule has 3 rings (SSSR count). The molecule has 0 saturated carbocycles. The van der Waals surface area contributed by atoms with Crippen LogP contribution in [0.5, 0.6) is 0 Å². The molecule has 1 fully saturated rings.